The fourth-order valence-electron chi connectivity index (χ4n) is 3.02. The number of nitrogens with zero attached hydrogens (tertiary/aromatic N) is 4. The average molecular weight is 442 g/mol. The van der Waals surface area contributed by atoms with Crippen LogP contribution in [-0.4, -0.2) is 28.7 Å². The van der Waals surface area contributed by atoms with E-state index in [-0.39, 0.29) is 23.3 Å². The second-order valence-electron chi connectivity index (χ2n) is 7.25. The molecule has 0 aromatic heterocycles. The second kappa shape index (κ2) is 10.3. The molecule has 0 fully saturated rings. The van der Waals surface area contributed by atoms with Gasteiger partial charge in [-0.2, -0.15) is 21.0 Å². The van der Waals surface area contributed by atoms with Crippen molar-refractivity contribution >= 4 is 23.8 Å². The van der Waals surface area contributed by atoms with E-state index in [1.807, 2.05) is 11.4 Å². The van der Waals surface area contributed by atoms with Crippen molar-refractivity contribution in [1.82, 2.24) is 5.32 Å². The standard InChI is InChI=1S/C23H18N6O4/c1-23(2)18(17(13-27)20(33-23)15(11-25)12-26)8-5-14-3-6-16(7-4-14)28-21(30)19(9-10-24)29-22(31)32/h3-8,19,29H,9H2,1-2H3,(H,28,30)(H,31,32)/b8-5+. The van der Waals surface area contributed by atoms with Crippen molar-refractivity contribution in [3.8, 4) is 24.3 Å². The number of nitriles is 4. The van der Waals surface area contributed by atoms with Gasteiger partial charge in [-0.25, -0.2) is 4.79 Å². The molecule has 0 saturated carbocycles. The number of rotatable bonds is 6. The molecule has 1 unspecified atom stereocenters. The largest absolute Gasteiger partial charge is 0.480 e. The molecule has 2 rings (SSSR count). The summed E-state index contributed by atoms with van der Waals surface area (Å²) in [5, 5.41) is 49.9. The third kappa shape index (κ3) is 5.76. The van der Waals surface area contributed by atoms with E-state index in [0.717, 1.165) is 0 Å². The third-order valence-electron chi connectivity index (χ3n) is 4.59. The van der Waals surface area contributed by atoms with Crippen LogP contribution < -0.4 is 10.6 Å². The number of ether oxygens (including phenoxy) is 1. The Morgan fingerprint density at radius 1 is 1.12 bits per heavy atom. The predicted molar refractivity (Wildman–Crippen MR) is 115 cm³/mol. The lowest BCUT2D eigenvalue weighted by Crippen LogP contribution is -2.42. The zero-order valence-electron chi connectivity index (χ0n) is 17.7. The van der Waals surface area contributed by atoms with Gasteiger partial charge in [-0.15, -0.1) is 0 Å². The molecule has 1 aromatic rings. The van der Waals surface area contributed by atoms with Gasteiger partial charge >= 0.3 is 6.09 Å². The third-order valence-corrected chi connectivity index (χ3v) is 4.59. The quantitative estimate of drug-likeness (QED) is 0.561. The Morgan fingerprint density at radius 3 is 2.27 bits per heavy atom. The van der Waals surface area contributed by atoms with Crippen LogP contribution in [-0.2, 0) is 9.53 Å². The molecule has 33 heavy (non-hydrogen) atoms. The van der Waals surface area contributed by atoms with Gasteiger partial charge in [0.25, 0.3) is 0 Å². The second-order valence-corrected chi connectivity index (χ2v) is 7.25. The first-order valence-electron chi connectivity index (χ1n) is 9.51. The van der Waals surface area contributed by atoms with Gasteiger partial charge in [-0.3, -0.25) is 4.79 Å². The van der Waals surface area contributed by atoms with Gasteiger partial charge in [-0.05, 0) is 31.5 Å². The molecule has 0 radical (unpaired) electrons. The van der Waals surface area contributed by atoms with Crippen molar-refractivity contribution in [3.63, 3.8) is 0 Å². The van der Waals surface area contributed by atoms with Crippen molar-refractivity contribution in [2.45, 2.75) is 31.9 Å². The Labute approximate surface area is 189 Å². The molecule has 1 aliphatic heterocycles. The molecule has 3 N–H and O–H groups in total. The number of benzene rings is 1. The molecule has 0 saturated heterocycles. The lowest BCUT2D eigenvalue weighted by Gasteiger charge is -2.20. The first-order valence-corrected chi connectivity index (χ1v) is 9.51. The fraction of sp³-hybridized carbons (Fsp3) is 0.217. The van der Waals surface area contributed by atoms with E-state index in [1.165, 1.54) is 0 Å². The van der Waals surface area contributed by atoms with Gasteiger partial charge in [0.2, 0.25) is 5.91 Å². The Balaban J connectivity index is 2.25. The van der Waals surface area contributed by atoms with Crippen molar-refractivity contribution < 1.29 is 19.4 Å². The lowest BCUT2D eigenvalue weighted by atomic mass is 9.94. The summed E-state index contributed by atoms with van der Waals surface area (Å²) in [4.78, 5) is 23.0. The first kappa shape index (κ1) is 24.2. The highest BCUT2D eigenvalue weighted by molar-refractivity contribution is 5.96. The highest BCUT2D eigenvalue weighted by atomic mass is 16.5. The van der Waals surface area contributed by atoms with Crippen LogP contribution in [0.4, 0.5) is 10.5 Å². The summed E-state index contributed by atoms with van der Waals surface area (Å²) in [6.07, 6.45) is 1.63. The SMILES string of the molecule is CC1(C)OC(=C(C#N)C#N)C(C#N)=C1/C=C/c1ccc(NC(=O)C(CC#N)NC(=O)O)cc1. The number of hydrogen-bond acceptors (Lipinski definition) is 7. The smallest absolute Gasteiger partial charge is 0.405 e. The van der Waals surface area contributed by atoms with Crippen LogP contribution in [0.5, 0.6) is 0 Å². The van der Waals surface area contributed by atoms with E-state index >= 15 is 0 Å². The minimum Gasteiger partial charge on any atom is -0.480 e. The zero-order valence-corrected chi connectivity index (χ0v) is 17.7. The van der Waals surface area contributed by atoms with Crippen LogP contribution in [0.3, 0.4) is 0 Å². The van der Waals surface area contributed by atoms with Gasteiger partial charge in [0, 0.05) is 11.3 Å². The normalized spacial score (nSPS) is 14.8. The van der Waals surface area contributed by atoms with Crippen LogP contribution >= 0.6 is 0 Å². The van der Waals surface area contributed by atoms with E-state index in [2.05, 4.69) is 5.32 Å². The molecular formula is C23H18N6O4. The number of carbonyl (C=O) groups is 2. The van der Waals surface area contributed by atoms with Crippen molar-refractivity contribution in [1.29, 1.82) is 21.0 Å². The summed E-state index contributed by atoms with van der Waals surface area (Å²) in [5.41, 5.74) is 0.495. The van der Waals surface area contributed by atoms with Crippen molar-refractivity contribution in [2.75, 3.05) is 5.32 Å². The van der Waals surface area contributed by atoms with E-state index in [4.69, 9.17) is 25.6 Å². The molecule has 0 aliphatic carbocycles. The van der Waals surface area contributed by atoms with Gasteiger partial charge in [0.15, 0.2) is 11.3 Å². The molecule has 2 amide bonds. The molecular weight excluding hydrogens is 424 g/mol. The van der Waals surface area contributed by atoms with E-state index in [0.29, 0.717) is 16.8 Å². The van der Waals surface area contributed by atoms with E-state index in [1.54, 1.807) is 68.5 Å². The average Bonchev–Trinajstić information content (AvgIpc) is 3.02. The highest BCUT2D eigenvalue weighted by Gasteiger charge is 2.38. The summed E-state index contributed by atoms with van der Waals surface area (Å²) in [7, 11) is 0. The predicted octanol–water partition coefficient (Wildman–Crippen LogP) is 3.12. The number of carboxylic acid groups (broad SMARTS) is 1. The molecule has 1 heterocycles. The van der Waals surface area contributed by atoms with E-state index in [9.17, 15) is 14.9 Å². The maximum Gasteiger partial charge on any atom is 0.405 e. The van der Waals surface area contributed by atoms with Crippen molar-refractivity contribution in [3.05, 3.63) is 58.4 Å². The monoisotopic (exact) mass is 442 g/mol. The van der Waals surface area contributed by atoms with Gasteiger partial charge in [-0.1, -0.05) is 24.3 Å². The Bertz CT molecular complexity index is 1210. The van der Waals surface area contributed by atoms with Crippen LogP contribution in [0.15, 0.2) is 52.8 Å². The lowest BCUT2D eigenvalue weighted by molar-refractivity contribution is -0.117. The molecule has 1 aromatic carbocycles. The number of anilines is 1. The van der Waals surface area contributed by atoms with Gasteiger partial charge in [0.1, 0.15) is 35.4 Å². The van der Waals surface area contributed by atoms with E-state index < -0.39 is 23.6 Å². The summed E-state index contributed by atoms with van der Waals surface area (Å²) in [6.45, 7) is 3.43. The molecule has 1 atom stereocenters. The van der Waals surface area contributed by atoms with Crippen molar-refractivity contribution in [2.24, 2.45) is 0 Å². The summed E-state index contributed by atoms with van der Waals surface area (Å²) >= 11 is 0. The molecule has 10 heteroatoms. The van der Waals surface area contributed by atoms with Crippen LogP contribution in [0.2, 0.25) is 0 Å². The summed E-state index contributed by atoms with van der Waals surface area (Å²) < 4.78 is 5.70. The van der Waals surface area contributed by atoms with Crippen LogP contribution in [0.25, 0.3) is 6.08 Å². The molecule has 0 spiro atoms. The minimum absolute atomic E-state index is 0.0490. The zero-order chi connectivity index (χ0) is 24.6. The fourth-order valence-corrected chi connectivity index (χ4v) is 3.02. The number of amides is 2. The number of nitrogens with one attached hydrogen (secondary N) is 2. The molecule has 0 bridgehead atoms. The summed E-state index contributed by atoms with van der Waals surface area (Å²) in [5.74, 6) is -0.715. The number of carbonyl (C=O) groups excluding carboxylic acids is 1. The number of allylic oxidation sites excluding steroid dienone is 2. The maximum absolute atomic E-state index is 12.2. The first-order chi connectivity index (χ1) is 15.7. The van der Waals surface area contributed by atoms with Crippen LogP contribution in [0, 0.1) is 45.3 Å². The van der Waals surface area contributed by atoms with Gasteiger partial charge < -0.3 is 20.5 Å². The summed E-state index contributed by atoms with van der Waals surface area (Å²) in [6, 6.07) is 12.5. The minimum atomic E-state index is -1.41. The molecule has 1 aliphatic rings. The number of hydrogen-bond donors (Lipinski definition) is 3. The Morgan fingerprint density at radius 2 is 1.76 bits per heavy atom. The van der Waals surface area contributed by atoms with Crippen LogP contribution in [0.1, 0.15) is 25.8 Å². The Hall–Kier alpha value is -5.06. The topological polar surface area (TPSA) is 183 Å². The Kier molecular flexibility index (Phi) is 7.56. The molecule has 10 nitrogen and oxygen atoms in total. The maximum atomic E-state index is 12.2. The highest BCUT2D eigenvalue weighted by Crippen LogP contribution is 2.40. The van der Waals surface area contributed by atoms with Gasteiger partial charge in [0.05, 0.1) is 12.5 Å². The molecule has 164 valence electrons.